The summed E-state index contributed by atoms with van der Waals surface area (Å²) in [6, 6.07) is 10.2. The number of hydrogen-bond acceptors (Lipinski definition) is 6. The number of fused-ring (bicyclic) bond motifs is 1. The summed E-state index contributed by atoms with van der Waals surface area (Å²) in [5, 5.41) is 24.5. The fraction of sp³-hybridized carbons (Fsp3) is 0.389. The van der Waals surface area contributed by atoms with Crippen LogP contribution in [-0.2, 0) is 7.05 Å². The lowest BCUT2D eigenvalue weighted by Gasteiger charge is -2.35. The molecule has 0 radical (unpaired) electrons. The first-order chi connectivity index (χ1) is 12.2. The average molecular weight is 353 g/mol. The minimum Gasteiger partial charge on any atom is -0.370 e. The zero-order chi connectivity index (χ0) is 17.8. The second-order valence-electron chi connectivity index (χ2n) is 6.06. The van der Waals surface area contributed by atoms with Crippen molar-refractivity contribution in [2.24, 2.45) is 7.05 Å². The molecule has 1 aromatic heterocycles. The first-order valence-electron chi connectivity index (χ1n) is 8.18. The highest BCUT2D eigenvalue weighted by atomic mass is 32.2. The molecule has 0 aliphatic carbocycles. The molecule has 0 amide bonds. The van der Waals surface area contributed by atoms with Crippen molar-refractivity contribution in [1.82, 2.24) is 9.88 Å². The molecule has 1 aliphatic rings. The number of thioether (sulfide) groups is 1. The number of anilines is 1. The van der Waals surface area contributed by atoms with Gasteiger partial charge in [0.25, 0.3) is 5.56 Å². The SMILES string of the molecule is Cn1c(=O)c(C#N)c(N2CCC(NCSC#N)CC2)c2ccccc21. The van der Waals surface area contributed by atoms with Crippen LogP contribution in [0.1, 0.15) is 18.4 Å². The zero-order valence-electron chi connectivity index (χ0n) is 14.0. The Bertz CT molecular complexity index is 916. The summed E-state index contributed by atoms with van der Waals surface area (Å²) in [6.07, 6.45) is 1.83. The van der Waals surface area contributed by atoms with Gasteiger partial charge in [0.1, 0.15) is 17.0 Å². The number of hydrogen-bond donors (Lipinski definition) is 1. The summed E-state index contributed by atoms with van der Waals surface area (Å²) in [7, 11) is 1.71. The van der Waals surface area contributed by atoms with Gasteiger partial charge in [0.15, 0.2) is 0 Å². The second kappa shape index (κ2) is 7.60. The minimum atomic E-state index is -0.248. The van der Waals surface area contributed by atoms with Gasteiger partial charge in [0.05, 0.1) is 17.1 Å². The molecule has 1 aliphatic heterocycles. The predicted octanol–water partition coefficient (Wildman–Crippen LogP) is 2.14. The highest BCUT2D eigenvalue weighted by Crippen LogP contribution is 2.30. The smallest absolute Gasteiger partial charge is 0.270 e. The summed E-state index contributed by atoms with van der Waals surface area (Å²) in [5.74, 6) is 0.624. The number of nitrogens with one attached hydrogen (secondary N) is 1. The molecule has 0 atom stereocenters. The van der Waals surface area contributed by atoms with E-state index in [4.69, 9.17) is 5.26 Å². The van der Waals surface area contributed by atoms with E-state index >= 15 is 0 Å². The van der Waals surface area contributed by atoms with E-state index in [0.717, 1.165) is 42.5 Å². The fourth-order valence-electron chi connectivity index (χ4n) is 3.41. The Hall–Kier alpha value is -2.48. The molecule has 0 spiro atoms. The quantitative estimate of drug-likeness (QED) is 0.515. The molecule has 6 nitrogen and oxygen atoms in total. The molecule has 1 fully saturated rings. The maximum Gasteiger partial charge on any atom is 0.270 e. The van der Waals surface area contributed by atoms with Crippen molar-refractivity contribution in [3.05, 3.63) is 40.2 Å². The molecule has 2 heterocycles. The number of benzene rings is 1. The molecular formula is C18H19N5OS. The number of rotatable bonds is 4. The molecule has 128 valence electrons. The number of nitriles is 2. The van der Waals surface area contributed by atoms with Gasteiger partial charge in [0.2, 0.25) is 0 Å². The van der Waals surface area contributed by atoms with Crippen LogP contribution in [0.4, 0.5) is 5.69 Å². The molecule has 0 saturated carbocycles. The largest absolute Gasteiger partial charge is 0.370 e. The molecule has 25 heavy (non-hydrogen) atoms. The molecule has 3 rings (SSSR count). The maximum atomic E-state index is 12.6. The third-order valence-electron chi connectivity index (χ3n) is 4.71. The van der Waals surface area contributed by atoms with Crippen LogP contribution in [0.2, 0.25) is 0 Å². The van der Waals surface area contributed by atoms with Crippen LogP contribution >= 0.6 is 11.8 Å². The molecule has 0 unspecified atom stereocenters. The lowest BCUT2D eigenvalue weighted by Crippen LogP contribution is -2.43. The van der Waals surface area contributed by atoms with Gasteiger partial charge in [0, 0.05) is 31.6 Å². The second-order valence-corrected chi connectivity index (χ2v) is 6.82. The average Bonchev–Trinajstić information content (AvgIpc) is 2.65. The Morgan fingerprint density at radius 1 is 1.28 bits per heavy atom. The zero-order valence-corrected chi connectivity index (χ0v) is 14.8. The van der Waals surface area contributed by atoms with E-state index in [0.29, 0.717) is 11.9 Å². The first-order valence-corrected chi connectivity index (χ1v) is 9.17. The van der Waals surface area contributed by atoms with E-state index < -0.39 is 0 Å². The Kier molecular flexibility index (Phi) is 5.28. The van der Waals surface area contributed by atoms with Gasteiger partial charge in [-0.05, 0) is 30.7 Å². The maximum absolute atomic E-state index is 12.6. The number of thiocyanates is 1. The molecule has 7 heteroatoms. The molecule has 0 bridgehead atoms. The summed E-state index contributed by atoms with van der Waals surface area (Å²) in [5.41, 5.74) is 1.56. The van der Waals surface area contributed by atoms with E-state index in [-0.39, 0.29) is 11.1 Å². The van der Waals surface area contributed by atoms with Crippen LogP contribution in [0.5, 0.6) is 0 Å². The fourth-order valence-corrected chi connectivity index (χ4v) is 3.79. The standard InChI is InChI=1S/C18H19N5OS/c1-22-16-5-3-2-4-14(16)17(15(10-19)18(22)24)23-8-6-13(7-9-23)21-12-25-11-20/h2-5,13,21H,6-9,12H2,1H3. The molecule has 1 N–H and O–H groups in total. The van der Waals surface area contributed by atoms with Crippen molar-refractivity contribution in [3.63, 3.8) is 0 Å². The monoisotopic (exact) mass is 353 g/mol. The Labute approximate surface area is 150 Å². The Morgan fingerprint density at radius 3 is 2.68 bits per heavy atom. The van der Waals surface area contributed by atoms with Gasteiger partial charge in [-0.2, -0.15) is 10.5 Å². The first kappa shape index (κ1) is 17.3. The number of pyridine rings is 1. The highest BCUT2D eigenvalue weighted by molar-refractivity contribution is 8.03. The van der Waals surface area contributed by atoms with Crippen LogP contribution in [0.15, 0.2) is 29.1 Å². The lowest BCUT2D eigenvalue weighted by molar-refractivity contribution is 0.438. The van der Waals surface area contributed by atoms with Crippen LogP contribution in [0.3, 0.4) is 0 Å². The highest BCUT2D eigenvalue weighted by Gasteiger charge is 2.24. The van der Waals surface area contributed by atoms with Crippen LogP contribution in [0.25, 0.3) is 10.9 Å². The van der Waals surface area contributed by atoms with E-state index in [1.54, 1.807) is 11.6 Å². The van der Waals surface area contributed by atoms with Gasteiger partial charge < -0.3 is 14.8 Å². The van der Waals surface area contributed by atoms with E-state index in [9.17, 15) is 10.1 Å². The van der Waals surface area contributed by atoms with Crippen molar-refractivity contribution in [3.8, 4) is 11.5 Å². The number of nitrogens with zero attached hydrogens (tertiary/aromatic N) is 4. The normalized spacial score (nSPS) is 15.1. The third-order valence-corrected chi connectivity index (χ3v) is 5.15. The van der Waals surface area contributed by atoms with Gasteiger partial charge in [-0.3, -0.25) is 4.79 Å². The summed E-state index contributed by atoms with van der Waals surface area (Å²) in [4.78, 5) is 14.7. The number of para-hydroxylation sites is 1. The van der Waals surface area contributed by atoms with Crippen LogP contribution in [-0.4, -0.2) is 29.6 Å². The van der Waals surface area contributed by atoms with Gasteiger partial charge >= 0.3 is 0 Å². The van der Waals surface area contributed by atoms with E-state index in [1.807, 2.05) is 24.3 Å². The van der Waals surface area contributed by atoms with Crippen LogP contribution in [0, 0.1) is 22.0 Å². The van der Waals surface area contributed by atoms with Crippen molar-refractivity contribution in [2.75, 3.05) is 23.9 Å². The summed E-state index contributed by atoms with van der Waals surface area (Å²) >= 11 is 1.20. The number of piperidine rings is 1. The summed E-state index contributed by atoms with van der Waals surface area (Å²) < 4.78 is 1.55. The van der Waals surface area contributed by atoms with Crippen molar-refractivity contribution >= 4 is 28.4 Å². The van der Waals surface area contributed by atoms with Gasteiger partial charge in [-0.1, -0.05) is 18.2 Å². The number of aromatic nitrogens is 1. The molecule has 2 aromatic rings. The summed E-state index contributed by atoms with van der Waals surface area (Å²) in [6.45, 7) is 1.56. The lowest BCUT2D eigenvalue weighted by atomic mass is 10.0. The predicted molar refractivity (Wildman–Crippen MR) is 100 cm³/mol. The van der Waals surface area contributed by atoms with E-state index in [1.165, 1.54) is 11.8 Å². The topological polar surface area (TPSA) is 84.8 Å². The van der Waals surface area contributed by atoms with Gasteiger partial charge in [-0.25, -0.2) is 0 Å². The van der Waals surface area contributed by atoms with Gasteiger partial charge in [-0.15, -0.1) is 0 Å². The Balaban J connectivity index is 1.92. The van der Waals surface area contributed by atoms with Crippen LogP contribution < -0.4 is 15.8 Å². The van der Waals surface area contributed by atoms with E-state index in [2.05, 4.69) is 21.7 Å². The minimum absolute atomic E-state index is 0.215. The van der Waals surface area contributed by atoms with Crippen molar-refractivity contribution in [1.29, 1.82) is 10.5 Å². The molecule has 1 aromatic carbocycles. The van der Waals surface area contributed by atoms with Crippen molar-refractivity contribution < 1.29 is 0 Å². The molecule has 1 saturated heterocycles. The molecular weight excluding hydrogens is 334 g/mol. The number of aryl methyl sites for hydroxylation is 1. The third kappa shape index (κ3) is 3.34. The Morgan fingerprint density at radius 2 is 2.00 bits per heavy atom. The van der Waals surface area contributed by atoms with Crippen molar-refractivity contribution in [2.45, 2.75) is 18.9 Å².